The zero-order chi connectivity index (χ0) is 75.3. The minimum atomic E-state index is -4.53. The highest BCUT2D eigenvalue weighted by Crippen LogP contribution is 2.50. The van der Waals surface area contributed by atoms with Crippen LogP contribution >= 0.6 is 0 Å². The number of pyridine rings is 1. The van der Waals surface area contributed by atoms with Gasteiger partial charge in [-0.15, -0.1) is 0 Å². The summed E-state index contributed by atoms with van der Waals surface area (Å²) in [6, 6.07) is 52.9. The van der Waals surface area contributed by atoms with Crippen molar-refractivity contribution >= 4 is 32.8 Å². The first-order valence-electron chi connectivity index (χ1n) is 38.3. The van der Waals surface area contributed by atoms with Crippen molar-refractivity contribution in [3.8, 4) is 84.3 Å². The second kappa shape index (κ2) is 19.4. The highest BCUT2D eigenvalue weighted by atomic mass is 16.5. The first-order valence-corrected chi connectivity index (χ1v) is 28.8. The zero-order valence-electron chi connectivity index (χ0n) is 68.0. The molecule has 0 spiro atoms. The van der Waals surface area contributed by atoms with Gasteiger partial charge in [-0.2, -0.15) is 0 Å². The van der Waals surface area contributed by atoms with Gasteiger partial charge in [0.1, 0.15) is 17.3 Å². The van der Waals surface area contributed by atoms with E-state index >= 15 is 0 Å². The molecule has 3 aromatic heterocycles. The molecular formula is C80H76N4O. The summed E-state index contributed by atoms with van der Waals surface area (Å²) < 4.78 is 191. The summed E-state index contributed by atoms with van der Waals surface area (Å²) in [5, 5.41) is 1.97. The van der Waals surface area contributed by atoms with Crippen LogP contribution < -0.4 is 9.30 Å². The summed E-state index contributed by atoms with van der Waals surface area (Å²) in [4.78, 5) is 4.89. The summed E-state index contributed by atoms with van der Waals surface area (Å²) in [5.41, 5.74) is -0.839. The number of hydrogen-bond donors (Lipinski definition) is 0. The highest BCUT2D eigenvalue weighted by molar-refractivity contribution is 6.09. The van der Waals surface area contributed by atoms with E-state index in [2.05, 4.69) is 116 Å². The van der Waals surface area contributed by atoms with Crippen LogP contribution in [0, 0.1) is 6.33 Å². The lowest BCUT2D eigenvalue weighted by Gasteiger charge is -2.42. The van der Waals surface area contributed by atoms with Crippen molar-refractivity contribution in [3.63, 3.8) is 0 Å². The maximum absolute atomic E-state index is 10.5. The van der Waals surface area contributed by atoms with Crippen molar-refractivity contribution in [3.05, 3.63) is 234 Å². The SMILES string of the molecule is [2H]c1c([2H])c2c(c([2H])c1-c1cc3c4c(c1)n(-c1cccc(Oc5ccc6c7ccccc7n(-c7cc(C(C)(C)C)ccn7)c6c5)c1)[c-][n+]4-c1c(-c4cc(C(C)(C)C)cc(C(C)(C)C)c4)cccc1-c1ccccc1-c1ccccc1-3)C(C([2H])([2H])[2H])(C([2H])([2H])[2H])C([2H])([2H])C([2H])([2H])C2(C([2H])([2H])[2H])C([2H])([2H])[2H]. The molecule has 0 radical (unpaired) electrons. The molecular weight excluding hydrogens is 1030 g/mol. The number of rotatable bonds is 6. The van der Waals surface area contributed by atoms with Crippen LogP contribution in [0.3, 0.4) is 0 Å². The van der Waals surface area contributed by atoms with Gasteiger partial charge in [0.25, 0.3) is 6.33 Å². The Hall–Kier alpha value is -8.80. The second-order valence-corrected chi connectivity index (χ2v) is 25.8. The molecule has 0 bridgehead atoms. The largest absolute Gasteiger partial charge is 0.458 e. The molecule has 0 N–H and O–H groups in total. The standard InChI is InChI=1S/C80H76N4O/c1-76(2,3)53-36-39-81-73(46-53)84-70-31-19-18-28-64(70)65-34-33-58(48-71(65)84)85-57-23-20-22-56(47-57)82-49-83-74-59(52-40-54(77(4,5)6)45-55(41-52)78(7,8)9)29-21-30-66(74)62-26-16-14-24-60(62)61-25-15-17-27-63(61)67-42-51(44-72(82)75(67)83)50-32-35-68-69(43-50)80(12,13)38-37-79(68,10)11/h14-36,39-48H,37-38H2,1-13H3/i10D3,11D3,12D3,13D3,32D,35D,37D2,38D2,43D. The van der Waals surface area contributed by atoms with Crippen molar-refractivity contribution in [1.82, 2.24) is 14.1 Å². The Morgan fingerprint density at radius 3 is 1.80 bits per heavy atom. The summed E-state index contributed by atoms with van der Waals surface area (Å²) >= 11 is 0. The predicted molar refractivity (Wildman–Crippen MR) is 354 cm³/mol. The van der Waals surface area contributed by atoms with E-state index in [1.807, 2.05) is 114 Å². The Morgan fingerprint density at radius 1 is 0.506 bits per heavy atom. The molecule has 9 aromatic carbocycles. The second-order valence-electron chi connectivity index (χ2n) is 25.8. The average Bonchev–Trinajstić information content (AvgIpc) is 0.743. The van der Waals surface area contributed by atoms with Gasteiger partial charge in [0.2, 0.25) is 0 Å². The maximum atomic E-state index is 10.5. The molecule has 1 aliphatic heterocycles. The Kier molecular flexibility index (Phi) is 8.39. The molecule has 2 aliphatic rings. The molecule has 0 amide bonds. The lowest BCUT2D eigenvalue weighted by atomic mass is 9.63. The summed E-state index contributed by atoms with van der Waals surface area (Å²) in [5.74, 6) is 1.56. The van der Waals surface area contributed by atoms with Crippen LogP contribution in [0.1, 0.15) is 156 Å². The minimum absolute atomic E-state index is 0.173. The van der Waals surface area contributed by atoms with E-state index in [-0.39, 0.29) is 27.3 Å². The molecule has 85 heavy (non-hydrogen) atoms. The van der Waals surface area contributed by atoms with Gasteiger partial charge in [-0.05, 0) is 178 Å². The van der Waals surface area contributed by atoms with Crippen molar-refractivity contribution < 1.29 is 35.3 Å². The lowest BCUT2D eigenvalue weighted by molar-refractivity contribution is -0.570. The van der Waals surface area contributed by atoms with Gasteiger partial charge in [0.05, 0.1) is 37.6 Å². The van der Waals surface area contributed by atoms with E-state index in [0.29, 0.717) is 45.1 Å². The van der Waals surface area contributed by atoms with E-state index < -0.39 is 85.8 Å². The molecule has 14 rings (SSSR count). The molecule has 5 heteroatoms. The Bertz CT molecular complexity index is 5490. The number of ether oxygens (including phenoxy) is 1. The fraction of sp³-hybridized carbons (Fsp3) is 0.250. The van der Waals surface area contributed by atoms with Crippen molar-refractivity contribution in [1.29, 1.82) is 0 Å². The van der Waals surface area contributed by atoms with Crippen LogP contribution in [-0.4, -0.2) is 14.1 Å². The first kappa shape index (κ1) is 36.8. The Balaban J connectivity index is 1.12. The summed E-state index contributed by atoms with van der Waals surface area (Å²) in [6.45, 7) is 2.47. The zero-order valence-corrected chi connectivity index (χ0v) is 49.0. The Labute approximate surface area is 529 Å². The van der Waals surface area contributed by atoms with Gasteiger partial charge in [-0.3, -0.25) is 13.7 Å². The number of hydrogen-bond acceptors (Lipinski definition) is 2. The van der Waals surface area contributed by atoms with Gasteiger partial charge < -0.3 is 4.74 Å². The quantitative estimate of drug-likeness (QED) is 0.123. The molecule has 12 aromatic rings. The van der Waals surface area contributed by atoms with E-state index in [9.17, 15) is 9.60 Å². The topological polar surface area (TPSA) is 35.9 Å². The molecule has 4 heterocycles. The van der Waals surface area contributed by atoms with Crippen LogP contribution in [0.25, 0.3) is 106 Å². The lowest BCUT2D eigenvalue weighted by Crippen LogP contribution is -2.33. The maximum Gasteiger partial charge on any atom is 0.269 e. The van der Waals surface area contributed by atoms with Crippen LogP contribution in [0.15, 0.2) is 200 Å². The summed E-state index contributed by atoms with van der Waals surface area (Å²) in [7, 11) is 0. The normalized spacial score (nSPS) is 19.6. The fourth-order valence-electron chi connectivity index (χ4n) is 12.2. The van der Waals surface area contributed by atoms with Crippen LogP contribution in [0.5, 0.6) is 11.5 Å². The number of fused-ring (bicyclic) bond motifs is 11. The Morgan fingerprint density at radius 2 is 1.11 bits per heavy atom. The van der Waals surface area contributed by atoms with Crippen LogP contribution in [-0.2, 0) is 27.1 Å². The molecule has 0 unspecified atom stereocenters. The van der Waals surface area contributed by atoms with Gasteiger partial charge in [0.15, 0.2) is 0 Å². The highest BCUT2D eigenvalue weighted by Gasteiger charge is 2.38. The molecule has 0 atom stereocenters. The van der Waals surface area contributed by atoms with Gasteiger partial charge in [-0.25, -0.2) is 4.98 Å². The van der Waals surface area contributed by atoms with Crippen molar-refractivity contribution in [2.45, 2.75) is 130 Å². The van der Waals surface area contributed by atoms with E-state index in [0.717, 1.165) is 72.1 Å². The first-order chi connectivity index (χ1) is 48.3. The molecule has 422 valence electrons. The van der Waals surface area contributed by atoms with E-state index in [1.165, 1.54) is 0 Å². The third-order valence-corrected chi connectivity index (χ3v) is 16.8. The molecule has 5 nitrogen and oxygen atoms in total. The number of aromatic nitrogens is 4. The van der Waals surface area contributed by atoms with Crippen molar-refractivity contribution in [2.24, 2.45) is 0 Å². The fourth-order valence-corrected chi connectivity index (χ4v) is 12.2. The molecule has 0 saturated heterocycles. The smallest absolute Gasteiger partial charge is 0.269 e. The molecule has 1 aliphatic carbocycles. The molecule has 0 fully saturated rings. The minimum Gasteiger partial charge on any atom is -0.458 e. The third kappa shape index (κ3) is 9.21. The molecule has 0 saturated carbocycles. The van der Waals surface area contributed by atoms with Gasteiger partial charge in [-0.1, -0.05) is 223 Å². The third-order valence-electron chi connectivity index (χ3n) is 16.8. The number of para-hydroxylation sites is 2. The monoisotopic (exact) mass is 1130 g/mol. The number of nitrogens with zero attached hydrogens (tertiary/aromatic N) is 4. The van der Waals surface area contributed by atoms with Gasteiger partial charge >= 0.3 is 0 Å². The van der Waals surface area contributed by atoms with Crippen molar-refractivity contribution in [2.75, 3.05) is 0 Å². The van der Waals surface area contributed by atoms with Crippen LogP contribution in [0.4, 0.5) is 0 Å². The van der Waals surface area contributed by atoms with Gasteiger partial charge in [0, 0.05) is 45.0 Å². The number of benzene rings is 9. The predicted octanol–water partition coefficient (Wildman–Crippen LogP) is 20.9. The van der Waals surface area contributed by atoms with Crippen LogP contribution in [0.2, 0.25) is 0 Å². The summed E-state index contributed by atoms with van der Waals surface area (Å²) in [6.07, 6.45) is -3.43. The number of imidazole rings is 1. The van der Waals surface area contributed by atoms with E-state index in [1.54, 1.807) is 34.9 Å². The average molecular weight is 1130 g/mol. The van der Waals surface area contributed by atoms with E-state index in [4.69, 9.17) is 26.2 Å².